The number of hydrogen-bond donors (Lipinski definition) is 1. The van der Waals surface area contributed by atoms with E-state index in [0.717, 1.165) is 28.6 Å². The minimum atomic E-state index is -0.364. The molecule has 120 valence electrons. The van der Waals surface area contributed by atoms with Gasteiger partial charge in [0.15, 0.2) is 0 Å². The average molecular weight is 392 g/mol. The van der Waals surface area contributed by atoms with E-state index in [1.165, 1.54) is 10.5 Å². The molecule has 2 aromatic rings. The fourth-order valence-corrected chi connectivity index (χ4v) is 4.05. The highest BCUT2D eigenvalue weighted by molar-refractivity contribution is 9.10. The van der Waals surface area contributed by atoms with Gasteiger partial charge in [-0.2, -0.15) is 0 Å². The van der Waals surface area contributed by atoms with Crippen molar-refractivity contribution in [3.8, 4) is 0 Å². The molecule has 1 atom stereocenters. The van der Waals surface area contributed by atoms with Crippen molar-refractivity contribution in [2.45, 2.75) is 30.4 Å². The summed E-state index contributed by atoms with van der Waals surface area (Å²) in [7, 11) is 0. The maximum Gasteiger partial charge on any atom is 0.407 e. The van der Waals surface area contributed by atoms with Gasteiger partial charge in [-0.3, -0.25) is 0 Å². The van der Waals surface area contributed by atoms with Crippen molar-refractivity contribution >= 4 is 33.8 Å². The summed E-state index contributed by atoms with van der Waals surface area (Å²) < 4.78 is 6.38. The lowest BCUT2D eigenvalue weighted by Crippen LogP contribution is -2.29. The first-order chi connectivity index (χ1) is 11.2. The number of halogens is 1. The molecular formula is C18H18BrNO2S. The van der Waals surface area contributed by atoms with E-state index < -0.39 is 0 Å². The zero-order valence-electron chi connectivity index (χ0n) is 12.6. The van der Waals surface area contributed by atoms with Gasteiger partial charge in [0.05, 0.1) is 6.04 Å². The average Bonchev–Trinajstić information content (AvgIpc) is 2.76. The molecule has 3 nitrogen and oxygen atoms in total. The molecule has 0 saturated heterocycles. The summed E-state index contributed by atoms with van der Waals surface area (Å²) in [6.45, 7) is 0.291. The van der Waals surface area contributed by atoms with Gasteiger partial charge in [0.1, 0.15) is 6.61 Å². The smallest absolute Gasteiger partial charge is 0.407 e. The molecule has 1 amide bonds. The van der Waals surface area contributed by atoms with E-state index in [1.54, 1.807) is 0 Å². The first-order valence-electron chi connectivity index (χ1n) is 7.62. The number of hydrogen-bond acceptors (Lipinski definition) is 3. The molecule has 1 unspecified atom stereocenters. The van der Waals surface area contributed by atoms with E-state index in [4.69, 9.17) is 4.74 Å². The number of nitrogens with one attached hydrogen (secondary N) is 1. The van der Waals surface area contributed by atoms with Gasteiger partial charge in [0.25, 0.3) is 0 Å². The van der Waals surface area contributed by atoms with Crippen LogP contribution in [0.15, 0.2) is 57.9 Å². The minimum Gasteiger partial charge on any atom is -0.445 e. The van der Waals surface area contributed by atoms with Crippen LogP contribution in [-0.2, 0) is 11.3 Å². The largest absolute Gasteiger partial charge is 0.445 e. The summed E-state index contributed by atoms with van der Waals surface area (Å²) in [5.41, 5.74) is 2.15. The Balaban J connectivity index is 1.65. The number of amides is 1. The van der Waals surface area contributed by atoms with Crippen LogP contribution in [0.25, 0.3) is 0 Å². The highest BCUT2D eigenvalue weighted by atomic mass is 79.9. The fraction of sp³-hybridized carbons (Fsp3) is 0.278. The Bertz CT molecular complexity index is 678. The Morgan fingerprint density at radius 2 is 2.09 bits per heavy atom. The van der Waals surface area contributed by atoms with E-state index in [1.807, 2.05) is 48.2 Å². The molecule has 1 aliphatic heterocycles. The molecule has 23 heavy (non-hydrogen) atoms. The van der Waals surface area contributed by atoms with Gasteiger partial charge in [-0.1, -0.05) is 46.3 Å². The van der Waals surface area contributed by atoms with Gasteiger partial charge < -0.3 is 10.1 Å². The van der Waals surface area contributed by atoms with Crippen LogP contribution in [-0.4, -0.2) is 11.8 Å². The van der Waals surface area contributed by atoms with Crippen molar-refractivity contribution in [1.82, 2.24) is 5.32 Å². The van der Waals surface area contributed by atoms with E-state index in [9.17, 15) is 4.79 Å². The minimum absolute atomic E-state index is 0.000716. The Morgan fingerprint density at radius 3 is 2.91 bits per heavy atom. The summed E-state index contributed by atoms with van der Waals surface area (Å²) in [5.74, 6) is 1.08. The number of thioether (sulfide) groups is 1. The second-order valence-electron chi connectivity index (χ2n) is 5.43. The number of rotatable bonds is 3. The molecule has 0 saturated carbocycles. The molecule has 0 aliphatic carbocycles. The molecule has 3 rings (SSSR count). The molecule has 1 heterocycles. The summed E-state index contributed by atoms with van der Waals surface area (Å²) in [5, 5.41) is 3.02. The van der Waals surface area contributed by atoms with Crippen LogP contribution >= 0.6 is 27.7 Å². The Labute approximate surface area is 148 Å². The van der Waals surface area contributed by atoms with Crippen LogP contribution in [0.5, 0.6) is 0 Å². The van der Waals surface area contributed by atoms with Crippen LogP contribution in [0.2, 0.25) is 0 Å². The Hall–Kier alpha value is -1.46. The van der Waals surface area contributed by atoms with Crippen LogP contribution in [0.3, 0.4) is 0 Å². The normalized spacial score (nSPS) is 17.0. The molecule has 0 bridgehead atoms. The van der Waals surface area contributed by atoms with Crippen LogP contribution in [0.4, 0.5) is 4.79 Å². The van der Waals surface area contributed by atoms with Crippen molar-refractivity contribution in [3.05, 3.63) is 64.1 Å². The number of carbonyl (C=O) groups excluding carboxylic acids is 1. The number of ether oxygens (including phenoxy) is 1. The predicted octanol–water partition coefficient (Wildman–Crippen LogP) is 5.30. The van der Waals surface area contributed by atoms with Gasteiger partial charge in [0, 0.05) is 9.37 Å². The van der Waals surface area contributed by atoms with Crippen LogP contribution in [0, 0.1) is 0 Å². The fourth-order valence-electron chi connectivity index (χ4n) is 2.61. The van der Waals surface area contributed by atoms with Crippen molar-refractivity contribution in [2.75, 3.05) is 5.75 Å². The van der Waals surface area contributed by atoms with Crippen LogP contribution < -0.4 is 5.32 Å². The maximum absolute atomic E-state index is 12.1. The first kappa shape index (κ1) is 16.4. The summed E-state index contributed by atoms with van der Waals surface area (Å²) in [6, 6.07) is 16.0. The molecule has 5 heteroatoms. The van der Waals surface area contributed by atoms with Gasteiger partial charge in [-0.15, -0.1) is 11.8 Å². The quantitative estimate of drug-likeness (QED) is 0.770. The second kappa shape index (κ2) is 7.88. The summed E-state index contributed by atoms with van der Waals surface area (Å²) in [6.07, 6.45) is 1.63. The Morgan fingerprint density at radius 1 is 1.26 bits per heavy atom. The lowest BCUT2D eigenvalue weighted by atomic mass is 10.0. The molecule has 2 aromatic carbocycles. The molecule has 1 N–H and O–H groups in total. The van der Waals surface area contributed by atoms with E-state index >= 15 is 0 Å². The van der Waals surface area contributed by atoms with Gasteiger partial charge in [0.2, 0.25) is 0 Å². The Kier molecular flexibility index (Phi) is 5.62. The standard InChI is InChI=1S/C18H18BrNO2S/c19-14-8-9-17-15(11-14)16(7-4-10-23-17)20-18(21)22-12-13-5-2-1-3-6-13/h1-3,5-6,8-9,11,16H,4,7,10,12H2,(H,20,21). The molecule has 0 spiro atoms. The van der Waals surface area contributed by atoms with Gasteiger partial charge in [-0.05, 0) is 47.9 Å². The first-order valence-corrected chi connectivity index (χ1v) is 9.40. The molecular weight excluding hydrogens is 374 g/mol. The molecule has 1 aliphatic rings. The monoisotopic (exact) mass is 391 g/mol. The summed E-state index contributed by atoms with van der Waals surface area (Å²) >= 11 is 5.36. The van der Waals surface area contributed by atoms with Crippen molar-refractivity contribution in [1.29, 1.82) is 0 Å². The lowest BCUT2D eigenvalue weighted by Gasteiger charge is -2.19. The number of alkyl carbamates (subject to hydrolysis) is 1. The van der Waals surface area contributed by atoms with E-state index in [0.29, 0.717) is 6.61 Å². The number of carbonyl (C=O) groups is 1. The predicted molar refractivity (Wildman–Crippen MR) is 96.6 cm³/mol. The number of fused-ring (bicyclic) bond motifs is 1. The maximum atomic E-state index is 12.1. The third-order valence-electron chi connectivity index (χ3n) is 3.75. The highest BCUT2D eigenvalue weighted by Gasteiger charge is 2.21. The topological polar surface area (TPSA) is 38.3 Å². The SMILES string of the molecule is O=C(NC1CCCSc2ccc(Br)cc21)OCc1ccccc1. The second-order valence-corrected chi connectivity index (χ2v) is 7.48. The van der Waals surface area contributed by atoms with E-state index in [2.05, 4.69) is 33.4 Å². The van der Waals surface area contributed by atoms with Gasteiger partial charge >= 0.3 is 6.09 Å². The van der Waals surface area contributed by atoms with Crippen molar-refractivity contribution in [2.24, 2.45) is 0 Å². The zero-order valence-corrected chi connectivity index (χ0v) is 15.0. The number of benzene rings is 2. The lowest BCUT2D eigenvalue weighted by molar-refractivity contribution is 0.135. The third kappa shape index (κ3) is 4.52. The molecule has 0 radical (unpaired) electrons. The zero-order chi connectivity index (χ0) is 16.1. The van der Waals surface area contributed by atoms with Crippen molar-refractivity contribution < 1.29 is 9.53 Å². The van der Waals surface area contributed by atoms with Crippen LogP contribution in [0.1, 0.15) is 30.0 Å². The van der Waals surface area contributed by atoms with Gasteiger partial charge in [-0.25, -0.2) is 4.79 Å². The third-order valence-corrected chi connectivity index (χ3v) is 5.42. The molecule has 0 aromatic heterocycles. The summed E-state index contributed by atoms with van der Waals surface area (Å²) in [4.78, 5) is 13.4. The highest BCUT2D eigenvalue weighted by Crippen LogP contribution is 2.36. The van der Waals surface area contributed by atoms with E-state index in [-0.39, 0.29) is 12.1 Å². The molecule has 0 fully saturated rings. The van der Waals surface area contributed by atoms with Crippen molar-refractivity contribution in [3.63, 3.8) is 0 Å².